The van der Waals surface area contributed by atoms with E-state index in [1.807, 2.05) is 35.3 Å². The maximum absolute atomic E-state index is 5.87. The minimum absolute atomic E-state index is 0.355. The van der Waals surface area contributed by atoms with Crippen LogP contribution >= 0.6 is 0 Å². The van der Waals surface area contributed by atoms with Crippen LogP contribution in [0, 0.1) is 0 Å². The lowest BCUT2D eigenvalue weighted by atomic mass is 10.0. The predicted molar refractivity (Wildman–Crippen MR) is 85.4 cm³/mol. The van der Waals surface area contributed by atoms with E-state index in [4.69, 9.17) is 9.47 Å². The van der Waals surface area contributed by atoms with Crippen LogP contribution in [0.5, 0.6) is 11.5 Å². The van der Waals surface area contributed by atoms with E-state index >= 15 is 0 Å². The Hall–Kier alpha value is -2.01. The highest BCUT2D eigenvalue weighted by Gasteiger charge is 2.21. The summed E-state index contributed by atoms with van der Waals surface area (Å²) < 4.78 is 13.1. The van der Waals surface area contributed by atoms with Crippen molar-refractivity contribution in [2.45, 2.75) is 38.4 Å². The van der Waals surface area contributed by atoms with Crippen molar-refractivity contribution in [3.8, 4) is 11.5 Å². The first-order valence-electron chi connectivity index (χ1n) is 7.78. The largest absolute Gasteiger partial charge is 0.497 e. The maximum atomic E-state index is 5.87. The van der Waals surface area contributed by atoms with E-state index in [-0.39, 0.29) is 0 Å². The van der Waals surface area contributed by atoms with Crippen LogP contribution in [0.15, 0.2) is 36.7 Å². The van der Waals surface area contributed by atoms with Gasteiger partial charge in [0, 0.05) is 37.1 Å². The van der Waals surface area contributed by atoms with Gasteiger partial charge in [-0.2, -0.15) is 5.10 Å². The van der Waals surface area contributed by atoms with Crippen molar-refractivity contribution in [1.82, 2.24) is 15.1 Å². The molecule has 22 heavy (non-hydrogen) atoms. The molecule has 0 amide bonds. The van der Waals surface area contributed by atoms with Crippen LogP contribution in [-0.4, -0.2) is 35.6 Å². The molecule has 0 fully saturated rings. The van der Waals surface area contributed by atoms with E-state index in [1.165, 1.54) is 5.56 Å². The van der Waals surface area contributed by atoms with Crippen LogP contribution in [-0.2, 0) is 13.0 Å². The number of hydrogen-bond donors (Lipinski definition) is 1. The van der Waals surface area contributed by atoms with Crippen molar-refractivity contribution in [3.63, 3.8) is 0 Å². The van der Waals surface area contributed by atoms with Crippen LogP contribution in [0.4, 0.5) is 0 Å². The third-order valence-corrected chi connectivity index (χ3v) is 4.05. The number of nitrogens with zero attached hydrogens (tertiary/aromatic N) is 2. The smallest absolute Gasteiger partial charge is 0.126 e. The Labute approximate surface area is 131 Å². The van der Waals surface area contributed by atoms with Crippen molar-refractivity contribution in [2.75, 3.05) is 13.7 Å². The third kappa shape index (κ3) is 3.60. The SMILES string of the molecule is COc1ccc2c(c1)OC[C@H](N[C@H](C)CCn1cccn1)C2. The van der Waals surface area contributed by atoms with Crippen LogP contribution in [0.25, 0.3) is 0 Å². The van der Waals surface area contributed by atoms with Crippen molar-refractivity contribution in [3.05, 3.63) is 42.2 Å². The molecule has 1 aromatic carbocycles. The van der Waals surface area contributed by atoms with Gasteiger partial charge in [0.05, 0.1) is 7.11 Å². The summed E-state index contributed by atoms with van der Waals surface area (Å²) in [5.41, 5.74) is 1.24. The fourth-order valence-electron chi connectivity index (χ4n) is 2.83. The second-order valence-electron chi connectivity index (χ2n) is 5.81. The van der Waals surface area contributed by atoms with Gasteiger partial charge in [-0.05, 0) is 37.5 Å². The molecule has 0 saturated heterocycles. The second-order valence-corrected chi connectivity index (χ2v) is 5.81. The van der Waals surface area contributed by atoms with Crippen LogP contribution in [0.1, 0.15) is 18.9 Å². The minimum Gasteiger partial charge on any atom is -0.497 e. The zero-order chi connectivity index (χ0) is 15.4. The maximum Gasteiger partial charge on any atom is 0.126 e. The average molecular weight is 301 g/mol. The number of methoxy groups -OCH3 is 1. The molecule has 2 aromatic rings. The summed E-state index contributed by atoms with van der Waals surface area (Å²) in [6.07, 6.45) is 5.86. The van der Waals surface area contributed by atoms with Gasteiger partial charge >= 0.3 is 0 Å². The van der Waals surface area contributed by atoms with Gasteiger partial charge in [0.2, 0.25) is 0 Å². The highest BCUT2D eigenvalue weighted by molar-refractivity contribution is 5.42. The fraction of sp³-hybridized carbons (Fsp3) is 0.471. The lowest BCUT2D eigenvalue weighted by Crippen LogP contribution is -2.44. The molecule has 0 spiro atoms. The Morgan fingerprint density at radius 3 is 3.18 bits per heavy atom. The van der Waals surface area contributed by atoms with Crippen molar-refractivity contribution in [2.24, 2.45) is 0 Å². The topological polar surface area (TPSA) is 48.3 Å². The van der Waals surface area contributed by atoms with Gasteiger partial charge in [-0.1, -0.05) is 6.07 Å². The molecule has 1 N–H and O–H groups in total. The fourth-order valence-corrected chi connectivity index (χ4v) is 2.83. The van der Waals surface area contributed by atoms with Gasteiger partial charge in [0.15, 0.2) is 0 Å². The Bertz CT molecular complexity index is 598. The van der Waals surface area contributed by atoms with Gasteiger partial charge in [-0.15, -0.1) is 0 Å². The molecule has 5 heteroatoms. The molecular formula is C17H23N3O2. The number of rotatable bonds is 6. The average Bonchev–Trinajstić information content (AvgIpc) is 3.06. The van der Waals surface area contributed by atoms with Gasteiger partial charge in [0.25, 0.3) is 0 Å². The lowest BCUT2D eigenvalue weighted by molar-refractivity contribution is 0.224. The first kappa shape index (κ1) is 14.9. The summed E-state index contributed by atoms with van der Waals surface area (Å²) in [5, 5.41) is 7.89. The van der Waals surface area contributed by atoms with Gasteiger partial charge in [-0.25, -0.2) is 0 Å². The lowest BCUT2D eigenvalue weighted by Gasteiger charge is -2.29. The molecule has 2 heterocycles. The van der Waals surface area contributed by atoms with Crippen molar-refractivity contribution >= 4 is 0 Å². The first-order valence-corrected chi connectivity index (χ1v) is 7.78. The van der Waals surface area contributed by atoms with Crippen molar-refractivity contribution in [1.29, 1.82) is 0 Å². The normalized spacial score (nSPS) is 18.4. The molecule has 0 radical (unpaired) electrons. The van der Waals surface area contributed by atoms with Crippen LogP contribution in [0.3, 0.4) is 0 Å². The molecule has 5 nitrogen and oxygen atoms in total. The number of fused-ring (bicyclic) bond motifs is 1. The second kappa shape index (κ2) is 6.83. The van der Waals surface area contributed by atoms with Crippen LogP contribution < -0.4 is 14.8 Å². The molecule has 1 aliphatic rings. The zero-order valence-corrected chi connectivity index (χ0v) is 13.2. The van der Waals surface area contributed by atoms with Crippen LogP contribution in [0.2, 0.25) is 0 Å². The van der Waals surface area contributed by atoms with E-state index in [0.29, 0.717) is 18.7 Å². The Balaban J connectivity index is 1.51. The molecule has 3 rings (SSSR count). The summed E-state index contributed by atoms with van der Waals surface area (Å²) in [4.78, 5) is 0. The Morgan fingerprint density at radius 2 is 2.41 bits per heavy atom. The molecule has 0 aliphatic carbocycles. The van der Waals surface area contributed by atoms with Gasteiger partial charge in [0.1, 0.15) is 18.1 Å². The van der Waals surface area contributed by atoms with Gasteiger partial charge < -0.3 is 14.8 Å². The predicted octanol–water partition coefficient (Wildman–Crippen LogP) is 2.26. The number of aryl methyl sites for hydroxylation is 1. The number of hydrogen-bond acceptors (Lipinski definition) is 4. The number of benzene rings is 1. The standard InChI is InChI=1S/C17H23N3O2/c1-13(6-9-20-8-3-7-18-20)19-15-10-14-4-5-16(21-2)11-17(14)22-12-15/h3-5,7-8,11,13,15,19H,6,9-10,12H2,1-2H3/t13-,15-/m1/s1. The number of nitrogens with one attached hydrogen (secondary N) is 1. The molecule has 118 valence electrons. The summed E-state index contributed by atoms with van der Waals surface area (Å²) >= 11 is 0. The molecular weight excluding hydrogens is 278 g/mol. The van der Waals surface area contributed by atoms with Gasteiger partial charge in [-0.3, -0.25) is 4.68 Å². The quantitative estimate of drug-likeness (QED) is 0.889. The minimum atomic E-state index is 0.355. The summed E-state index contributed by atoms with van der Waals surface area (Å²) in [7, 11) is 1.68. The molecule has 0 saturated carbocycles. The van der Waals surface area contributed by atoms with E-state index < -0.39 is 0 Å². The molecule has 0 bridgehead atoms. The Kier molecular flexibility index (Phi) is 4.63. The number of aromatic nitrogens is 2. The summed E-state index contributed by atoms with van der Waals surface area (Å²) in [5.74, 6) is 1.79. The van der Waals surface area contributed by atoms with E-state index in [2.05, 4.69) is 23.4 Å². The molecule has 2 atom stereocenters. The first-order chi connectivity index (χ1) is 10.7. The van der Waals surface area contributed by atoms with Crippen molar-refractivity contribution < 1.29 is 9.47 Å². The Morgan fingerprint density at radius 1 is 1.50 bits per heavy atom. The molecule has 1 aliphatic heterocycles. The van der Waals surface area contributed by atoms with E-state index in [1.54, 1.807) is 7.11 Å². The third-order valence-electron chi connectivity index (χ3n) is 4.05. The highest BCUT2D eigenvalue weighted by atomic mass is 16.5. The van der Waals surface area contributed by atoms with E-state index in [0.717, 1.165) is 30.9 Å². The van der Waals surface area contributed by atoms with E-state index in [9.17, 15) is 0 Å². The highest BCUT2D eigenvalue weighted by Crippen LogP contribution is 2.29. The molecule has 1 aromatic heterocycles. The summed E-state index contributed by atoms with van der Waals surface area (Å²) in [6, 6.07) is 8.79. The summed E-state index contributed by atoms with van der Waals surface area (Å²) in [6.45, 7) is 3.85. The monoisotopic (exact) mass is 301 g/mol. The zero-order valence-electron chi connectivity index (χ0n) is 13.2. The molecule has 0 unspecified atom stereocenters. The number of ether oxygens (including phenoxy) is 2.